The van der Waals surface area contributed by atoms with Gasteiger partial charge in [0.05, 0.1) is 24.2 Å². The molecule has 22 heavy (non-hydrogen) atoms. The number of ether oxygens (including phenoxy) is 1. The van der Waals surface area contributed by atoms with Crippen molar-refractivity contribution in [2.24, 2.45) is 0 Å². The first kappa shape index (κ1) is 15.0. The van der Waals surface area contributed by atoms with E-state index in [1.807, 2.05) is 42.1 Å². The number of nitrogens with one attached hydrogen (secondary N) is 1. The number of rotatable bonds is 5. The molecule has 0 unspecified atom stereocenters. The fraction of sp³-hybridized carbons (Fsp3) is 0.500. The maximum Gasteiger partial charge on any atom is 0.119 e. The lowest BCUT2D eigenvalue weighted by Gasteiger charge is -2.19. The van der Waals surface area contributed by atoms with E-state index in [1.54, 1.807) is 0 Å². The lowest BCUT2D eigenvalue weighted by molar-refractivity contribution is 0.278. The second-order valence-corrected chi connectivity index (χ2v) is 5.44. The normalized spacial score (nSPS) is 16.4. The topological polar surface area (TPSA) is 55.2 Å². The molecular formula is C16H23N5O. The van der Waals surface area contributed by atoms with Crippen molar-refractivity contribution in [3.05, 3.63) is 36.2 Å². The molecule has 1 aliphatic heterocycles. The van der Waals surface area contributed by atoms with E-state index < -0.39 is 0 Å². The van der Waals surface area contributed by atoms with E-state index in [1.165, 1.54) is 6.42 Å². The van der Waals surface area contributed by atoms with Crippen molar-refractivity contribution in [1.29, 1.82) is 0 Å². The molecule has 0 aliphatic carbocycles. The van der Waals surface area contributed by atoms with Crippen molar-refractivity contribution in [2.75, 3.05) is 32.8 Å². The zero-order valence-electron chi connectivity index (χ0n) is 13.0. The van der Waals surface area contributed by atoms with Gasteiger partial charge in [-0.2, -0.15) is 0 Å². The van der Waals surface area contributed by atoms with Crippen molar-refractivity contribution >= 4 is 0 Å². The molecule has 3 rings (SSSR count). The number of benzene rings is 1. The third-order valence-corrected chi connectivity index (χ3v) is 3.83. The largest absolute Gasteiger partial charge is 0.494 e. The molecule has 0 amide bonds. The Balaban J connectivity index is 1.73. The van der Waals surface area contributed by atoms with E-state index >= 15 is 0 Å². The molecule has 1 aromatic heterocycles. The Bertz CT molecular complexity index is 572. The van der Waals surface area contributed by atoms with Crippen molar-refractivity contribution in [1.82, 2.24) is 25.2 Å². The molecule has 6 heteroatoms. The lowest BCUT2D eigenvalue weighted by Crippen LogP contribution is -2.28. The summed E-state index contributed by atoms with van der Waals surface area (Å²) >= 11 is 0. The molecule has 2 aromatic rings. The Morgan fingerprint density at radius 3 is 2.86 bits per heavy atom. The highest BCUT2D eigenvalue weighted by atomic mass is 16.5. The third-order valence-electron chi connectivity index (χ3n) is 3.83. The van der Waals surface area contributed by atoms with Crippen LogP contribution in [0.2, 0.25) is 0 Å². The van der Waals surface area contributed by atoms with Crippen LogP contribution in [-0.2, 0) is 6.54 Å². The molecule has 1 aliphatic rings. The molecule has 118 valence electrons. The molecule has 1 aromatic carbocycles. The average molecular weight is 301 g/mol. The van der Waals surface area contributed by atoms with E-state index in [0.717, 1.165) is 49.9 Å². The molecular weight excluding hydrogens is 278 g/mol. The summed E-state index contributed by atoms with van der Waals surface area (Å²) < 4.78 is 7.39. The van der Waals surface area contributed by atoms with Gasteiger partial charge in [-0.25, -0.2) is 4.68 Å². The van der Waals surface area contributed by atoms with Crippen molar-refractivity contribution in [3.63, 3.8) is 0 Å². The van der Waals surface area contributed by atoms with Crippen LogP contribution in [0.15, 0.2) is 30.5 Å². The number of hydrogen-bond donors (Lipinski definition) is 1. The molecule has 1 N–H and O–H groups in total. The van der Waals surface area contributed by atoms with Crippen LogP contribution in [0.4, 0.5) is 0 Å². The molecule has 1 saturated heterocycles. The van der Waals surface area contributed by atoms with Gasteiger partial charge in [0.2, 0.25) is 0 Å². The highest BCUT2D eigenvalue weighted by molar-refractivity contribution is 5.37. The zero-order chi connectivity index (χ0) is 15.2. The Morgan fingerprint density at radius 1 is 1.18 bits per heavy atom. The monoisotopic (exact) mass is 301 g/mol. The van der Waals surface area contributed by atoms with Gasteiger partial charge in [0.15, 0.2) is 0 Å². The van der Waals surface area contributed by atoms with Gasteiger partial charge in [0.25, 0.3) is 0 Å². The predicted octanol–water partition coefficient (Wildman–Crippen LogP) is 1.46. The summed E-state index contributed by atoms with van der Waals surface area (Å²) in [5.41, 5.74) is 2.13. The Hall–Kier alpha value is -1.92. The van der Waals surface area contributed by atoms with E-state index in [-0.39, 0.29) is 0 Å². The van der Waals surface area contributed by atoms with Crippen LogP contribution in [0.5, 0.6) is 5.75 Å². The summed E-state index contributed by atoms with van der Waals surface area (Å²) in [4.78, 5) is 2.45. The molecule has 0 bridgehead atoms. The quantitative estimate of drug-likeness (QED) is 0.906. The van der Waals surface area contributed by atoms with Gasteiger partial charge in [0.1, 0.15) is 5.75 Å². The first-order chi connectivity index (χ1) is 10.9. The summed E-state index contributed by atoms with van der Waals surface area (Å²) in [6.45, 7) is 7.87. The van der Waals surface area contributed by atoms with Crippen molar-refractivity contribution in [3.8, 4) is 11.4 Å². The number of aromatic nitrogens is 3. The van der Waals surface area contributed by atoms with Crippen LogP contribution in [0.1, 0.15) is 19.0 Å². The maximum atomic E-state index is 5.48. The van der Waals surface area contributed by atoms with Gasteiger partial charge >= 0.3 is 0 Å². The van der Waals surface area contributed by atoms with E-state index in [9.17, 15) is 0 Å². The highest BCUT2D eigenvalue weighted by Gasteiger charge is 2.13. The first-order valence-corrected chi connectivity index (χ1v) is 7.92. The Labute approximate surface area is 131 Å². The second-order valence-electron chi connectivity index (χ2n) is 5.44. The van der Waals surface area contributed by atoms with Gasteiger partial charge in [-0.05, 0) is 50.7 Å². The van der Waals surface area contributed by atoms with Crippen LogP contribution in [0, 0.1) is 0 Å². The van der Waals surface area contributed by atoms with Crippen LogP contribution >= 0.6 is 0 Å². The number of nitrogens with zero attached hydrogens (tertiary/aromatic N) is 4. The Kier molecular flexibility index (Phi) is 5.03. The summed E-state index contributed by atoms with van der Waals surface area (Å²) in [7, 11) is 0. The Morgan fingerprint density at radius 2 is 2.05 bits per heavy atom. The van der Waals surface area contributed by atoms with E-state index in [2.05, 4.69) is 20.5 Å². The molecule has 2 heterocycles. The van der Waals surface area contributed by atoms with Gasteiger partial charge < -0.3 is 10.1 Å². The van der Waals surface area contributed by atoms with Crippen LogP contribution in [0.25, 0.3) is 5.69 Å². The average Bonchev–Trinajstić information content (AvgIpc) is 2.84. The smallest absolute Gasteiger partial charge is 0.119 e. The summed E-state index contributed by atoms with van der Waals surface area (Å²) in [6, 6.07) is 7.99. The minimum absolute atomic E-state index is 0.677. The van der Waals surface area contributed by atoms with E-state index in [0.29, 0.717) is 6.61 Å². The fourth-order valence-electron chi connectivity index (χ4n) is 2.72. The summed E-state index contributed by atoms with van der Waals surface area (Å²) in [5, 5.41) is 11.7. The first-order valence-electron chi connectivity index (χ1n) is 7.92. The van der Waals surface area contributed by atoms with Crippen molar-refractivity contribution < 1.29 is 4.74 Å². The van der Waals surface area contributed by atoms with E-state index in [4.69, 9.17) is 4.74 Å². The summed E-state index contributed by atoms with van der Waals surface area (Å²) in [6.07, 6.45) is 3.04. The second kappa shape index (κ2) is 7.38. The van der Waals surface area contributed by atoms with Gasteiger partial charge in [-0.1, -0.05) is 5.21 Å². The highest BCUT2D eigenvalue weighted by Crippen LogP contribution is 2.17. The van der Waals surface area contributed by atoms with Crippen LogP contribution in [0.3, 0.4) is 0 Å². The molecule has 0 radical (unpaired) electrons. The predicted molar refractivity (Wildman–Crippen MR) is 85.3 cm³/mol. The fourth-order valence-corrected chi connectivity index (χ4v) is 2.72. The van der Waals surface area contributed by atoms with Gasteiger partial charge in [-0.3, -0.25) is 4.90 Å². The third kappa shape index (κ3) is 3.64. The minimum Gasteiger partial charge on any atom is -0.494 e. The van der Waals surface area contributed by atoms with Crippen molar-refractivity contribution in [2.45, 2.75) is 19.9 Å². The minimum atomic E-state index is 0.677. The SMILES string of the molecule is CCOc1ccc(-n2nncc2CN2CCCNCC2)cc1. The van der Waals surface area contributed by atoms with Crippen LogP contribution in [-0.4, -0.2) is 52.7 Å². The molecule has 0 atom stereocenters. The lowest BCUT2D eigenvalue weighted by atomic mass is 10.3. The summed E-state index contributed by atoms with van der Waals surface area (Å²) in [5.74, 6) is 0.881. The van der Waals surface area contributed by atoms with Gasteiger partial charge in [-0.15, -0.1) is 5.10 Å². The number of hydrogen-bond acceptors (Lipinski definition) is 5. The molecule has 0 spiro atoms. The molecule has 0 saturated carbocycles. The standard InChI is InChI=1S/C16H23N5O/c1-2-22-16-6-4-14(5-7-16)21-15(12-18-19-21)13-20-10-3-8-17-9-11-20/h4-7,12,17H,2-3,8-11,13H2,1H3. The zero-order valence-corrected chi connectivity index (χ0v) is 13.0. The molecule has 1 fully saturated rings. The van der Waals surface area contributed by atoms with Gasteiger partial charge in [0, 0.05) is 19.6 Å². The van der Waals surface area contributed by atoms with Crippen LogP contribution < -0.4 is 10.1 Å². The molecule has 6 nitrogen and oxygen atoms in total. The maximum absolute atomic E-state index is 5.48.